The number of carbonyl (C=O) groups is 3. The standard InChI is InChI=1S/C11H12N2O4S/c1-6(14)12-9-7(5-17-11(9)16)13-10(15)8-3-2-4-18-8/h2-4,7,9H,5H2,1H3,(H,12,14)(H,13,15)/t7?,9-/m0/s1. The summed E-state index contributed by atoms with van der Waals surface area (Å²) in [6, 6.07) is 2.11. The van der Waals surface area contributed by atoms with Gasteiger partial charge in [0.15, 0.2) is 6.04 Å². The first-order valence-electron chi connectivity index (χ1n) is 5.36. The van der Waals surface area contributed by atoms with Gasteiger partial charge in [-0.25, -0.2) is 4.79 Å². The van der Waals surface area contributed by atoms with E-state index in [-0.39, 0.29) is 18.4 Å². The fourth-order valence-electron chi connectivity index (χ4n) is 1.67. The van der Waals surface area contributed by atoms with Gasteiger partial charge >= 0.3 is 5.97 Å². The molecule has 0 spiro atoms. The molecule has 1 aromatic rings. The molecule has 0 aromatic carbocycles. The molecule has 18 heavy (non-hydrogen) atoms. The van der Waals surface area contributed by atoms with Gasteiger partial charge in [-0.3, -0.25) is 9.59 Å². The van der Waals surface area contributed by atoms with Gasteiger partial charge in [0.2, 0.25) is 5.91 Å². The van der Waals surface area contributed by atoms with Crippen LogP contribution in [-0.4, -0.2) is 36.5 Å². The SMILES string of the molecule is CC(=O)N[C@@H]1C(=O)OCC1NC(=O)c1cccs1. The Balaban J connectivity index is 2.02. The lowest BCUT2D eigenvalue weighted by Crippen LogP contribution is -2.51. The van der Waals surface area contributed by atoms with Crippen LogP contribution >= 0.6 is 11.3 Å². The highest BCUT2D eigenvalue weighted by molar-refractivity contribution is 7.12. The number of amides is 2. The van der Waals surface area contributed by atoms with E-state index in [9.17, 15) is 14.4 Å². The average Bonchev–Trinajstić information content (AvgIpc) is 2.93. The summed E-state index contributed by atoms with van der Waals surface area (Å²) in [6.45, 7) is 1.38. The number of cyclic esters (lactones) is 1. The van der Waals surface area contributed by atoms with Gasteiger partial charge in [0.05, 0.1) is 10.9 Å². The lowest BCUT2D eigenvalue weighted by atomic mass is 10.1. The summed E-state index contributed by atoms with van der Waals surface area (Å²) in [5.74, 6) is -1.14. The number of hydrogen-bond acceptors (Lipinski definition) is 5. The highest BCUT2D eigenvalue weighted by Gasteiger charge is 2.38. The summed E-state index contributed by atoms with van der Waals surface area (Å²) < 4.78 is 4.83. The molecule has 0 bridgehead atoms. The number of hydrogen-bond donors (Lipinski definition) is 2. The maximum atomic E-state index is 11.8. The largest absolute Gasteiger partial charge is 0.462 e. The van der Waals surface area contributed by atoms with Crippen LogP contribution in [0.2, 0.25) is 0 Å². The molecule has 1 aliphatic heterocycles. The summed E-state index contributed by atoms with van der Waals surface area (Å²) in [5, 5.41) is 6.93. The van der Waals surface area contributed by atoms with Gasteiger partial charge in [0.25, 0.3) is 5.91 Å². The minimum Gasteiger partial charge on any atom is -0.462 e. The topological polar surface area (TPSA) is 84.5 Å². The zero-order valence-corrected chi connectivity index (χ0v) is 10.5. The Morgan fingerprint density at radius 2 is 2.22 bits per heavy atom. The summed E-state index contributed by atoms with van der Waals surface area (Å²) >= 11 is 1.31. The van der Waals surface area contributed by atoms with Crippen molar-refractivity contribution in [2.75, 3.05) is 6.61 Å². The highest BCUT2D eigenvalue weighted by atomic mass is 32.1. The summed E-state index contributed by atoms with van der Waals surface area (Å²) in [6.07, 6.45) is 0. The Hall–Kier alpha value is -1.89. The number of ether oxygens (including phenoxy) is 1. The molecule has 1 fully saturated rings. The second-order valence-corrected chi connectivity index (χ2v) is 4.81. The maximum absolute atomic E-state index is 11.8. The van der Waals surface area contributed by atoms with Crippen LogP contribution in [0.5, 0.6) is 0 Å². The van der Waals surface area contributed by atoms with Crippen molar-refractivity contribution in [3.63, 3.8) is 0 Å². The van der Waals surface area contributed by atoms with E-state index in [2.05, 4.69) is 10.6 Å². The second kappa shape index (κ2) is 5.18. The predicted molar refractivity (Wildman–Crippen MR) is 64.1 cm³/mol. The normalized spacial score (nSPS) is 22.4. The summed E-state index contributed by atoms with van der Waals surface area (Å²) in [5.41, 5.74) is 0. The van der Waals surface area contributed by atoms with Crippen molar-refractivity contribution < 1.29 is 19.1 Å². The molecule has 2 N–H and O–H groups in total. The third kappa shape index (κ3) is 2.67. The Morgan fingerprint density at radius 3 is 2.83 bits per heavy atom. The fraction of sp³-hybridized carbons (Fsp3) is 0.364. The molecule has 6 nitrogen and oxygen atoms in total. The monoisotopic (exact) mass is 268 g/mol. The van der Waals surface area contributed by atoms with Gasteiger partial charge in [0, 0.05) is 6.92 Å². The molecule has 1 aliphatic rings. The van der Waals surface area contributed by atoms with E-state index in [0.29, 0.717) is 4.88 Å². The third-order valence-electron chi connectivity index (χ3n) is 2.48. The number of nitrogens with one attached hydrogen (secondary N) is 2. The van der Waals surface area contributed by atoms with Gasteiger partial charge in [-0.1, -0.05) is 6.07 Å². The first kappa shape index (κ1) is 12.6. The van der Waals surface area contributed by atoms with E-state index in [4.69, 9.17) is 4.74 Å². The zero-order valence-electron chi connectivity index (χ0n) is 9.64. The van der Waals surface area contributed by atoms with Crippen LogP contribution in [0.4, 0.5) is 0 Å². The van der Waals surface area contributed by atoms with Crippen LogP contribution < -0.4 is 10.6 Å². The summed E-state index contributed by atoms with van der Waals surface area (Å²) in [7, 11) is 0. The van der Waals surface area contributed by atoms with Crippen LogP contribution in [0.25, 0.3) is 0 Å². The Bertz CT molecular complexity index is 471. The first-order chi connectivity index (χ1) is 8.58. The van der Waals surface area contributed by atoms with E-state index in [0.717, 1.165) is 0 Å². The van der Waals surface area contributed by atoms with E-state index >= 15 is 0 Å². The molecule has 96 valence electrons. The predicted octanol–water partition coefficient (Wildman–Crippen LogP) is -0.0920. The Kier molecular flexibility index (Phi) is 3.61. The Morgan fingerprint density at radius 1 is 1.44 bits per heavy atom. The van der Waals surface area contributed by atoms with Crippen molar-refractivity contribution in [1.82, 2.24) is 10.6 Å². The molecule has 2 rings (SSSR count). The van der Waals surface area contributed by atoms with Crippen molar-refractivity contribution >= 4 is 29.1 Å². The van der Waals surface area contributed by atoms with E-state index in [1.807, 2.05) is 0 Å². The molecular formula is C11H12N2O4S. The van der Waals surface area contributed by atoms with E-state index in [1.54, 1.807) is 17.5 Å². The number of thiophene rings is 1. The van der Waals surface area contributed by atoms with Crippen molar-refractivity contribution in [3.8, 4) is 0 Å². The number of rotatable bonds is 3. The van der Waals surface area contributed by atoms with Crippen molar-refractivity contribution in [3.05, 3.63) is 22.4 Å². The number of carbonyl (C=O) groups excluding carboxylic acids is 3. The molecule has 2 atom stereocenters. The van der Waals surface area contributed by atoms with Crippen LogP contribution in [0.15, 0.2) is 17.5 Å². The van der Waals surface area contributed by atoms with Crippen molar-refractivity contribution in [2.45, 2.75) is 19.0 Å². The van der Waals surface area contributed by atoms with E-state index in [1.165, 1.54) is 18.3 Å². The molecule has 1 saturated heterocycles. The summed E-state index contributed by atoms with van der Waals surface area (Å²) in [4.78, 5) is 34.7. The first-order valence-corrected chi connectivity index (χ1v) is 6.24. The molecule has 1 unspecified atom stereocenters. The van der Waals surface area contributed by atoms with Crippen molar-refractivity contribution in [2.24, 2.45) is 0 Å². The molecule has 0 radical (unpaired) electrons. The second-order valence-electron chi connectivity index (χ2n) is 3.87. The highest BCUT2D eigenvalue weighted by Crippen LogP contribution is 2.12. The maximum Gasteiger partial charge on any atom is 0.331 e. The number of esters is 1. The smallest absolute Gasteiger partial charge is 0.331 e. The average molecular weight is 268 g/mol. The third-order valence-corrected chi connectivity index (χ3v) is 3.35. The van der Waals surface area contributed by atoms with E-state index < -0.39 is 18.1 Å². The van der Waals surface area contributed by atoms with Gasteiger partial charge in [-0.05, 0) is 11.4 Å². The molecule has 7 heteroatoms. The van der Waals surface area contributed by atoms with Crippen molar-refractivity contribution in [1.29, 1.82) is 0 Å². The minimum absolute atomic E-state index is 0.0703. The molecular weight excluding hydrogens is 256 g/mol. The molecule has 2 amide bonds. The zero-order chi connectivity index (χ0) is 13.1. The van der Waals surface area contributed by atoms with Crippen LogP contribution in [0.1, 0.15) is 16.6 Å². The fourth-order valence-corrected chi connectivity index (χ4v) is 2.30. The van der Waals surface area contributed by atoms with Crippen LogP contribution in [0.3, 0.4) is 0 Å². The van der Waals surface area contributed by atoms with Gasteiger partial charge in [-0.15, -0.1) is 11.3 Å². The molecule has 0 aliphatic carbocycles. The molecule has 2 heterocycles. The molecule has 0 saturated carbocycles. The van der Waals surface area contributed by atoms with Gasteiger partial charge in [0.1, 0.15) is 6.61 Å². The lowest BCUT2D eigenvalue weighted by molar-refractivity contribution is -0.141. The van der Waals surface area contributed by atoms with Crippen LogP contribution in [0, 0.1) is 0 Å². The minimum atomic E-state index is -0.814. The van der Waals surface area contributed by atoms with Crippen LogP contribution in [-0.2, 0) is 14.3 Å². The van der Waals surface area contributed by atoms with Gasteiger partial charge in [-0.2, -0.15) is 0 Å². The quantitative estimate of drug-likeness (QED) is 0.750. The molecule has 1 aromatic heterocycles. The lowest BCUT2D eigenvalue weighted by Gasteiger charge is -2.16. The van der Waals surface area contributed by atoms with Gasteiger partial charge < -0.3 is 15.4 Å². The Labute approximate surface area is 107 Å².